The molecule has 0 unspecified atom stereocenters. The fourth-order valence-electron chi connectivity index (χ4n) is 1.89. The number of hydrogen-bond acceptors (Lipinski definition) is 8. The van der Waals surface area contributed by atoms with Gasteiger partial charge < -0.3 is 9.84 Å². The van der Waals surface area contributed by atoms with E-state index in [1.54, 1.807) is 11.3 Å². The third-order valence-electron chi connectivity index (χ3n) is 2.84. The summed E-state index contributed by atoms with van der Waals surface area (Å²) in [5, 5.41) is 18.2. The van der Waals surface area contributed by atoms with Crippen molar-refractivity contribution in [3.63, 3.8) is 0 Å². The zero-order chi connectivity index (χ0) is 14.1. The first-order valence-electron chi connectivity index (χ1n) is 6.33. The Morgan fingerprint density at radius 2 is 1.95 bits per heavy atom. The van der Waals surface area contributed by atoms with Gasteiger partial charge in [-0.1, -0.05) is 23.4 Å². The van der Waals surface area contributed by atoms with Crippen LogP contribution in [0, 0.1) is 13.8 Å². The molecule has 0 spiro atoms. The van der Waals surface area contributed by atoms with Crippen LogP contribution in [0.15, 0.2) is 4.52 Å². The Balaban J connectivity index is 1.88. The topological polar surface area (TPSA) is 89.6 Å². The molecule has 0 amide bonds. The molecule has 3 aromatic rings. The summed E-state index contributed by atoms with van der Waals surface area (Å²) in [6, 6.07) is 0. The van der Waals surface area contributed by atoms with Crippen molar-refractivity contribution in [2.45, 2.75) is 33.7 Å². The third-order valence-corrected chi connectivity index (χ3v) is 3.90. The van der Waals surface area contributed by atoms with E-state index in [-0.39, 0.29) is 0 Å². The van der Waals surface area contributed by atoms with E-state index in [9.17, 15) is 0 Å². The van der Waals surface area contributed by atoms with Crippen molar-refractivity contribution in [1.82, 2.24) is 25.3 Å². The van der Waals surface area contributed by atoms with Crippen LogP contribution in [0.2, 0.25) is 0 Å². The summed E-state index contributed by atoms with van der Waals surface area (Å²) in [4.78, 5) is 8.63. The van der Waals surface area contributed by atoms with Gasteiger partial charge in [0.05, 0.1) is 12.2 Å². The van der Waals surface area contributed by atoms with Crippen LogP contribution in [0.3, 0.4) is 0 Å². The Morgan fingerprint density at radius 1 is 1.15 bits per heavy atom. The minimum absolute atomic E-state index is 0.504. The SMILES string of the molecule is CCc1nnc(CNc2nc(C)nc3onc(C)c23)s1. The van der Waals surface area contributed by atoms with Gasteiger partial charge in [0.25, 0.3) is 5.71 Å². The van der Waals surface area contributed by atoms with Crippen molar-refractivity contribution in [3.05, 3.63) is 21.5 Å². The molecule has 3 heterocycles. The summed E-state index contributed by atoms with van der Waals surface area (Å²) in [7, 11) is 0. The van der Waals surface area contributed by atoms with Crippen molar-refractivity contribution in [2.24, 2.45) is 0 Å². The lowest BCUT2D eigenvalue weighted by Gasteiger charge is -2.04. The highest BCUT2D eigenvalue weighted by molar-refractivity contribution is 7.11. The fourth-order valence-corrected chi connectivity index (χ4v) is 2.61. The molecule has 0 aliphatic carbocycles. The number of nitrogens with one attached hydrogen (secondary N) is 1. The lowest BCUT2D eigenvalue weighted by molar-refractivity contribution is 0.442. The van der Waals surface area contributed by atoms with E-state index >= 15 is 0 Å². The first-order chi connectivity index (χ1) is 9.67. The molecule has 0 saturated heterocycles. The van der Waals surface area contributed by atoms with Gasteiger partial charge in [0.15, 0.2) is 0 Å². The summed E-state index contributed by atoms with van der Waals surface area (Å²) >= 11 is 1.60. The number of rotatable bonds is 4. The van der Waals surface area contributed by atoms with Crippen LogP contribution in [0.25, 0.3) is 11.1 Å². The molecule has 1 N–H and O–H groups in total. The van der Waals surface area contributed by atoms with Crippen molar-refractivity contribution < 1.29 is 4.52 Å². The maximum atomic E-state index is 5.18. The molecule has 0 aromatic carbocycles. The number of anilines is 1. The molecule has 3 aromatic heterocycles. The molecule has 0 saturated carbocycles. The van der Waals surface area contributed by atoms with Crippen molar-refractivity contribution in [2.75, 3.05) is 5.32 Å². The Kier molecular flexibility index (Phi) is 3.31. The predicted molar refractivity (Wildman–Crippen MR) is 75.7 cm³/mol. The van der Waals surface area contributed by atoms with Gasteiger partial charge in [-0.05, 0) is 20.3 Å². The fraction of sp³-hybridized carbons (Fsp3) is 0.417. The van der Waals surface area contributed by atoms with Gasteiger partial charge in [-0.2, -0.15) is 4.98 Å². The molecule has 104 valence electrons. The minimum Gasteiger partial charge on any atom is -0.363 e. The number of nitrogens with zero attached hydrogens (tertiary/aromatic N) is 5. The van der Waals surface area contributed by atoms with Crippen LogP contribution in [-0.2, 0) is 13.0 Å². The van der Waals surface area contributed by atoms with Crippen LogP contribution in [0.1, 0.15) is 28.5 Å². The Hall–Kier alpha value is -2.09. The largest absolute Gasteiger partial charge is 0.363 e. The molecule has 0 radical (unpaired) electrons. The normalized spacial score (nSPS) is 11.2. The van der Waals surface area contributed by atoms with E-state index in [4.69, 9.17) is 4.52 Å². The average Bonchev–Trinajstić information content (AvgIpc) is 3.03. The van der Waals surface area contributed by atoms with E-state index in [2.05, 4.69) is 37.6 Å². The smallest absolute Gasteiger partial charge is 0.263 e. The molecule has 3 rings (SSSR count). The molecule has 0 aliphatic rings. The van der Waals surface area contributed by atoms with E-state index in [1.165, 1.54) is 0 Å². The van der Waals surface area contributed by atoms with Crippen LogP contribution >= 0.6 is 11.3 Å². The highest BCUT2D eigenvalue weighted by Gasteiger charge is 2.14. The summed E-state index contributed by atoms with van der Waals surface area (Å²) < 4.78 is 5.18. The van der Waals surface area contributed by atoms with Gasteiger partial charge in [-0.15, -0.1) is 10.2 Å². The zero-order valence-electron chi connectivity index (χ0n) is 11.5. The van der Waals surface area contributed by atoms with E-state index < -0.39 is 0 Å². The van der Waals surface area contributed by atoms with Gasteiger partial charge in [0.2, 0.25) is 0 Å². The minimum atomic E-state index is 0.504. The second-order valence-corrected chi connectivity index (χ2v) is 5.51. The molecule has 0 atom stereocenters. The van der Waals surface area contributed by atoms with Gasteiger partial charge in [0, 0.05) is 0 Å². The lowest BCUT2D eigenvalue weighted by Crippen LogP contribution is -2.03. The molecular formula is C12H14N6OS. The highest BCUT2D eigenvalue weighted by Crippen LogP contribution is 2.24. The molecule has 20 heavy (non-hydrogen) atoms. The van der Waals surface area contributed by atoms with E-state index in [1.807, 2.05) is 13.8 Å². The van der Waals surface area contributed by atoms with E-state index in [0.29, 0.717) is 18.1 Å². The molecule has 0 bridgehead atoms. The third kappa shape index (κ3) is 2.34. The Labute approximate surface area is 119 Å². The predicted octanol–water partition coefficient (Wildman–Crippen LogP) is 2.26. The summed E-state index contributed by atoms with van der Waals surface area (Å²) in [5.41, 5.74) is 1.28. The molecule has 8 heteroatoms. The Morgan fingerprint density at radius 3 is 2.70 bits per heavy atom. The summed E-state index contributed by atoms with van der Waals surface area (Å²) in [6.45, 7) is 6.34. The van der Waals surface area contributed by atoms with Gasteiger partial charge in [-0.25, -0.2) is 4.98 Å². The average molecular weight is 290 g/mol. The first kappa shape index (κ1) is 12.9. The number of aryl methyl sites for hydroxylation is 3. The molecule has 7 nitrogen and oxygen atoms in total. The quantitative estimate of drug-likeness (QED) is 0.788. The van der Waals surface area contributed by atoms with Crippen molar-refractivity contribution in [1.29, 1.82) is 0 Å². The van der Waals surface area contributed by atoms with Crippen molar-refractivity contribution in [3.8, 4) is 0 Å². The molecule has 0 fully saturated rings. The van der Waals surface area contributed by atoms with Gasteiger partial charge >= 0.3 is 0 Å². The van der Waals surface area contributed by atoms with Crippen LogP contribution < -0.4 is 5.32 Å². The lowest BCUT2D eigenvalue weighted by atomic mass is 10.3. The van der Waals surface area contributed by atoms with Gasteiger partial charge in [-0.3, -0.25) is 0 Å². The van der Waals surface area contributed by atoms with Crippen LogP contribution in [0.5, 0.6) is 0 Å². The molecule has 0 aliphatic heterocycles. The first-order valence-corrected chi connectivity index (χ1v) is 7.14. The standard InChI is InChI=1S/C12H14N6OS/c1-4-8-16-17-9(20-8)5-13-11-10-6(2)18-19-12(10)15-7(3)14-11/h4-5H2,1-3H3,(H,13,14,15). The number of fused-ring (bicyclic) bond motifs is 1. The monoisotopic (exact) mass is 290 g/mol. The van der Waals surface area contributed by atoms with Gasteiger partial charge in [0.1, 0.15) is 27.0 Å². The van der Waals surface area contributed by atoms with Crippen molar-refractivity contribution >= 4 is 28.3 Å². The zero-order valence-corrected chi connectivity index (χ0v) is 12.3. The highest BCUT2D eigenvalue weighted by atomic mass is 32.1. The summed E-state index contributed by atoms with van der Waals surface area (Å²) in [6.07, 6.45) is 0.902. The van der Waals surface area contributed by atoms with Crippen LogP contribution in [0.4, 0.5) is 5.82 Å². The second-order valence-electron chi connectivity index (χ2n) is 4.36. The Bertz CT molecular complexity index is 750. The number of aromatic nitrogens is 5. The maximum absolute atomic E-state index is 5.18. The second kappa shape index (κ2) is 5.12. The van der Waals surface area contributed by atoms with Crippen LogP contribution in [-0.4, -0.2) is 25.3 Å². The van der Waals surface area contributed by atoms with E-state index in [0.717, 1.165) is 33.3 Å². The number of hydrogen-bond donors (Lipinski definition) is 1. The summed E-state index contributed by atoms with van der Waals surface area (Å²) in [5.74, 6) is 1.36. The maximum Gasteiger partial charge on any atom is 0.263 e. The molecular weight excluding hydrogens is 276 g/mol.